The molecule has 0 unspecified atom stereocenters. The van der Waals surface area contributed by atoms with Crippen molar-refractivity contribution in [2.24, 2.45) is 5.92 Å². The molecule has 0 aliphatic carbocycles. The molecule has 2 atom stereocenters. The van der Waals surface area contributed by atoms with Gasteiger partial charge in [-0.25, -0.2) is 4.79 Å². The second kappa shape index (κ2) is 10.2. The Labute approximate surface area is 163 Å². The summed E-state index contributed by atoms with van der Waals surface area (Å²) in [5.41, 5.74) is -0.492. The van der Waals surface area contributed by atoms with E-state index in [1.165, 1.54) is 7.11 Å². The molecule has 27 heavy (non-hydrogen) atoms. The highest BCUT2D eigenvalue weighted by atomic mass is 16.6. The highest BCUT2D eigenvalue weighted by molar-refractivity contribution is 5.75. The zero-order chi connectivity index (χ0) is 20.8. The fourth-order valence-corrected chi connectivity index (χ4v) is 3.22. The first kappa shape index (κ1) is 23.7. The van der Waals surface area contributed by atoms with E-state index in [0.29, 0.717) is 26.6 Å². The van der Waals surface area contributed by atoms with Crippen LogP contribution in [0.4, 0.5) is 4.79 Å². The average Bonchev–Trinajstić information content (AvgIpc) is 2.52. The third kappa shape index (κ3) is 7.63. The van der Waals surface area contributed by atoms with Crippen molar-refractivity contribution >= 4 is 12.1 Å². The van der Waals surface area contributed by atoms with Gasteiger partial charge in [0.25, 0.3) is 0 Å². The molecule has 1 aliphatic heterocycles. The number of esters is 1. The van der Waals surface area contributed by atoms with Crippen molar-refractivity contribution in [3.05, 3.63) is 0 Å². The van der Waals surface area contributed by atoms with Crippen molar-refractivity contribution in [3.63, 3.8) is 0 Å². The molecule has 0 aromatic rings. The lowest BCUT2D eigenvalue weighted by Gasteiger charge is -2.40. The van der Waals surface area contributed by atoms with Gasteiger partial charge in [-0.3, -0.25) is 14.6 Å². The van der Waals surface area contributed by atoms with Crippen LogP contribution in [0.1, 0.15) is 41.5 Å². The Morgan fingerprint density at radius 3 is 2.33 bits per heavy atom. The molecule has 0 aromatic carbocycles. The van der Waals surface area contributed by atoms with Crippen LogP contribution in [0.2, 0.25) is 0 Å². The Hall–Kier alpha value is -1.38. The number of carbonyl (C=O) groups is 2. The molecule has 1 aliphatic rings. The highest BCUT2D eigenvalue weighted by Crippen LogP contribution is 2.16. The van der Waals surface area contributed by atoms with Crippen LogP contribution in [-0.4, -0.2) is 91.7 Å². The number of amides is 1. The highest BCUT2D eigenvalue weighted by Gasteiger charge is 2.31. The van der Waals surface area contributed by atoms with Crippen LogP contribution in [0, 0.1) is 5.92 Å². The van der Waals surface area contributed by atoms with Crippen LogP contribution in [0.25, 0.3) is 0 Å². The molecule has 8 heteroatoms. The molecule has 1 amide bonds. The van der Waals surface area contributed by atoms with Crippen molar-refractivity contribution < 1.29 is 23.8 Å². The first-order chi connectivity index (χ1) is 12.5. The summed E-state index contributed by atoms with van der Waals surface area (Å²) >= 11 is 0. The Morgan fingerprint density at radius 1 is 1.22 bits per heavy atom. The van der Waals surface area contributed by atoms with Crippen molar-refractivity contribution in [1.29, 1.82) is 0 Å². The zero-order valence-electron chi connectivity index (χ0n) is 18.2. The summed E-state index contributed by atoms with van der Waals surface area (Å²) in [6.07, 6.45) is -0.270. The maximum absolute atomic E-state index is 12.3. The molecule has 0 spiro atoms. The number of ether oxygens (including phenoxy) is 3. The molecule has 8 nitrogen and oxygen atoms in total. The lowest BCUT2D eigenvalue weighted by atomic mass is 10.0. The van der Waals surface area contributed by atoms with Crippen LogP contribution in [-0.2, 0) is 19.0 Å². The number of nitrogens with zero attached hydrogens (tertiary/aromatic N) is 3. The number of carbonyl (C=O) groups excluding carboxylic acids is 2. The lowest BCUT2D eigenvalue weighted by Crippen LogP contribution is -2.55. The molecular formula is C19H37N3O5. The second-order valence-electron chi connectivity index (χ2n) is 8.53. The fourth-order valence-electron chi connectivity index (χ4n) is 3.22. The molecule has 1 rings (SSSR count). The maximum atomic E-state index is 12.3. The van der Waals surface area contributed by atoms with E-state index in [9.17, 15) is 9.59 Å². The number of rotatable bonds is 7. The number of piperazine rings is 1. The van der Waals surface area contributed by atoms with Gasteiger partial charge in [0.05, 0.1) is 7.11 Å². The predicted octanol–water partition coefficient (Wildman–Crippen LogP) is 1.99. The minimum atomic E-state index is -0.492. The first-order valence-electron chi connectivity index (χ1n) is 9.54. The van der Waals surface area contributed by atoms with E-state index in [4.69, 9.17) is 14.2 Å². The minimum Gasteiger partial charge on any atom is -0.468 e. The van der Waals surface area contributed by atoms with Crippen molar-refractivity contribution in [1.82, 2.24) is 14.7 Å². The maximum Gasteiger partial charge on any atom is 0.410 e. The molecule has 1 fully saturated rings. The van der Waals surface area contributed by atoms with Crippen molar-refractivity contribution in [2.45, 2.75) is 59.2 Å². The molecule has 158 valence electrons. The molecular weight excluding hydrogens is 350 g/mol. The summed E-state index contributed by atoms with van der Waals surface area (Å²) in [6.45, 7) is 14.4. The third-order valence-electron chi connectivity index (χ3n) is 4.46. The smallest absolute Gasteiger partial charge is 0.410 e. The number of methoxy groups -OCH3 is 1. The molecule has 0 N–H and O–H groups in total. The summed E-state index contributed by atoms with van der Waals surface area (Å²) in [5, 5.41) is 0. The fraction of sp³-hybridized carbons (Fsp3) is 0.895. The van der Waals surface area contributed by atoms with Gasteiger partial charge in [-0.15, -0.1) is 0 Å². The lowest BCUT2D eigenvalue weighted by molar-refractivity contribution is -0.151. The van der Waals surface area contributed by atoms with E-state index in [0.717, 1.165) is 6.54 Å². The molecule has 1 heterocycles. The monoisotopic (exact) mass is 387 g/mol. The quantitative estimate of drug-likeness (QED) is 0.489. The summed E-state index contributed by atoms with van der Waals surface area (Å²) < 4.78 is 16.1. The molecule has 0 aromatic heterocycles. The third-order valence-corrected chi connectivity index (χ3v) is 4.46. The molecule has 1 saturated heterocycles. The van der Waals surface area contributed by atoms with Crippen LogP contribution >= 0.6 is 0 Å². The van der Waals surface area contributed by atoms with E-state index < -0.39 is 5.60 Å². The van der Waals surface area contributed by atoms with Crippen LogP contribution in [0.3, 0.4) is 0 Å². The van der Waals surface area contributed by atoms with E-state index in [2.05, 4.69) is 4.90 Å². The predicted molar refractivity (Wildman–Crippen MR) is 103 cm³/mol. The Kier molecular flexibility index (Phi) is 8.98. The molecule has 0 radical (unpaired) electrons. The summed E-state index contributed by atoms with van der Waals surface area (Å²) in [7, 11) is 3.25. The minimum absolute atomic E-state index is 0.0495. The van der Waals surface area contributed by atoms with Crippen molar-refractivity contribution in [2.75, 3.05) is 47.3 Å². The van der Waals surface area contributed by atoms with Gasteiger partial charge in [0.1, 0.15) is 25.1 Å². The standard InChI is InChI=1S/C19H37N3O5/c1-14(2)16(17(23)25-8)20(7)12-26-13-21-9-10-22(15(3)11-21)18(24)27-19(4,5)6/h14-16H,9-13H2,1-8H3/t15-,16-/m0/s1. The van der Waals surface area contributed by atoms with Gasteiger partial charge in [-0.2, -0.15) is 0 Å². The average molecular weight is 388 g/mol. The van der Waals surface area contributed by atoms with E-state index >= 15 is 0 Å². The van der Waals surface area contributed by atoms with E-state index in [-0.39, 0.29) is 30.1 Å². The van der Waals surface area contributed by atoms with Gasteiger partial charge in [0.2, 0.25) is 0 Å². The van der Waals surface area contributed by atoms with Crippen LogP contribution < -0.4 is 0 Å². The van der Waals surface area contributed by atoms with Crippen LogP contribution in [0.15, 0.2) is 0 Å². The van der Waals surface area contributed by atoms with Crippen LogP contribution in [0.5, 0.6) is 0 Å². The van der Waals surface area contributed by atoms with Gasteiger partial charge < -0.3 is 19.1 Å². The number of hydrogen-bond donors (Lipinski definition) is 0. The largest absolute Gasteiger partial charge is 0.468 e. The molecule has 0 saturated carbocycles. The first-order valence-corrected chi connectivity index (χ1v) is 9.54. The normalized spacial score (nSPS) is 20.1. The van der Waals surface area contributed by atoms with Crippen molar-refractivity contribution in [3.8, 4) is 0 Å². The summed E-state index contributed by atoms with van der Waals surface area (Å²) in [5.74, 6) is -0.126. The number of likely N-dealkylation sites (N-methyl/N-ethyl adjacent to an activating group) is 1. The second-order valence-corrected chi connectivity index (χ2v) is 8.53. The van der Waals surface area contributed by atoms with Gasteiger partial charge >= 0.3 is 12.1 Å². The SMILES string of the molecule is COC(=O)[C@H](C(C)C)N(C)COCN1CCN(C(=O)OC(C)(C)C)[C@@H](C)C1. The van der Waals surface area contributed by atoms with Gasteiger partial charge in [0, 0.05) is 25.7 Å². The van der Waals surface area contributed by atoms with Gasteiger partial charge in [-0.05, 0) is 40.7 Å². The Bertz CT molecular complexity index is 492. The Balaban J connectivity index is 2.44. The van der Waals surface area contributed by atoms with E-state index in [1.54, 1.807) is 4.90 Å². The Morgan fingerprint density at radius 2 is 1.85 bits per heavy atom. The molecule has 0 bridgehead atoms. The summed E-state index contributed by atoms with van der Waals surface area (Å²) in [4.78, 5) is 30.0. The number of hydrogen-bond acceptors (Lipinski definition) is 7. The van der Waals surface area contributed by atoms with Gasteiger partial charge in [-0.1, -0.05) is 13.8 Å². The van der Waals surface area contributed by atoms with E-state index in [1.807, 2.05) is 53.5 Å². The zero-order valence-corrected chi connectivity index (χ0v) is 18.2. The van der Waals surface area contributed by atoms with Gasteiger partial charge in [0.15, 0.2) is 0 Å². The topological polar surface area (TPSA) is 71.5 Å². The summed E-state index contributed by atoms with van der Waals surface area (Å²) in [6, 6.07) is -0.286.